The Morgan fingerprint density at radius 3 is 2.35 bits per heavy atom. The number of ether oxygens (including phenoxy) is 2. The molecule has 3 aromatic rings. The molecular weight excluding hydrogens is 392 g/mol. The molecule has 0 atom stereocenters. The third kappa shape index (κ3) is 5.63. The molecule has 0 bridgehead atoms. The molecule has 158 valence electrons. The minimum Gasteiger partial charge on any atom is -0.489 e. The van der Waals surface area contributed by atoms with Crippen molar-refractivity contribution in [1.82, 2.24) is 10.9 Å². The summed E-state index contributed by atoms with van der Waals surface area (Å²) in [7, 11) is 0. The van der Waals surface area contributed by atoms with Gasteiger partial charge in [0.25, 0.3) is 11.8 Å². The second-order valence-electron chi connectivity index (χ2n) is 7.37. The molecule has 0 heterocycles. The van der Waals surface area contributed by atoms with Gasteiger partial charge in [0.15, 0.2) is 6.61 Å². The Hall–Kier alpha value is -3.80. The van der Waals surface area contributed by atoms with Crippen molar-refractivity contribution in [3.8, 4) is 11.5 Å². The van der Waals surface area contributed by atoms with Crippen LogP contribution in [-0.4, -0.2) is 18.4 Å². The minimum atomic E-state index is -0.429. The zero-order chi connectivity index (χ0) is 21.5. The highest BCUT2D eigenvalue weighted by atomic mass is 16.5. The maximum atomic E-state index is 12.2. The van der Waals surface area contributed by atoms with Crippen molar-refractivity contribution in [3.05, 3.63) is 95.1 Å². The average Bonchev–Trinajstić information content (AvgIpc) is 3.29. The number of rotatable bonds is 7. The standard InChI is InChI=1S/C25H24N2O4/c28-24(17-31-23-14-13-19-5-4-6-21(19)15-23)26-27-25(29)20-11-9-18(10-12-20)16-30-22-7-2-1-3-8-22/h1-3,7-15H,4-6,16-17H2,(H,26,28)(H,27,29). The van der Waals surface area contributed by atoms with Gasteiger partial charge in [0.05, 0.1) is 0 Å². The number of fused-ring (bicyclic) bond motifs is 1. The van der Waals surface area contributed by atoms with Crippen LogP contribution in [0.4, 0.5) is 0 Å². The number of hydrogen-bond acceptors (Lipinski definition) is 4. The Labute approximate surface area is 181 Å². The van der Waals surface area contributed by atoms with Crippen molar-refractivity contribution >= 4 is 11.8 Å². The van der Waals surface area contributed by atoms with Crippen LogP contribution in [0.15, 0.2) is 72.8 Å². The number of aryl methyl sites for hydroxylation is 2. The van der Waals surface area contributed by atoms with E-state index in [1.54, 1.807) is 12.1 Å². The SMILES string of the molecule is O=C(COc1ccc2c(c1)CCC2)NNC(=O)c1ccc(COc2ccccc2)cc1. The molecule has 4 rings (SSSR count). The van der Waals surface area contributed by atoms with Crippen molar-refractivity contribution in [2.75, 3.05) is 6.61 Å². The Balaban J connectivity index is 1.20. The Kier molecular flexibility index (Phi) is 6.47. The van der Waals surface area contributed by atoms with Gasteiger partial charge >= 0.3 is 0 Å². The van der Waals surface area contributed by atoms with Crippen molar-refractivity contribution < 1.29 is 19.1 Å². The maximum absolute atomic E-state index is 12.2. The first-order chi connectivity index (χ1) is 15.2. The largest absolute Gasteiger partial charge is 0.489 e. The summed E-state index contributed by atoms with van der Waals surface area (Å²) in [5, 5.41) is 0. The second-order valence-corrected chi connectivity index (χ2v) is 7.37. The van der Waals surface area contributed by atoms with Crippen LogP contribution in [0.2, 0.25) is 0 Å². The van der Waals surface area contributed by atoms with E-state index >= 15 is 0 Å². The molecule has 3 aromatic carbocycles. The van der Waals surface area contributed by atoms with E-state index in [9.17, 15) is 9.59 Å². The molecule has 0 aliphatic heterocycles. The van der Waals surface area contributed by atoms with Crippen LogP contribution in [0.5, 0.6) is 11.5 Å². The van der Waals surface area contributed by atoms with Crippen molar-refractivity contribution in [2.45, 2.75) is 25.9 Å². The molecule has 0 saturated heterocycles. The van der Waals surface area contributed by atoms with E-state index in [-0.39, 0.29) is 6.61 Å². The Bertz CT molecular complexity index is 1050. The topological polar surface area (TPSA) is 76.7 Å². The van der Waals surface area contributed by atoms with E-state index in [2.05, 4.69) is 10.9 Å². The summed E-state index contributed by atoms with van der Waals surface area (Å²) < 4.78 is 11.2. The molecule has 0 saturated carbocycles. The van der Waals surface area contributed by atoms with Crippen molar-refractivity contribution in [1.29, 1.82) is 0 Å². The molecule has 1 aliphatic rings. The lowest BCUT2D eigenvalue weighted by Crippen LogP contribution is -2.43. The zero-order valence-corrected chi connectivity index (χ0v) is 17.1. The van der Waals surface area contributed by atoms with E-state index in [0.717, 1.165) is 30.6 Å². The normalized spacial score (nSPS) is 12.0. The number of hydrazine groups is 1. The first-order valence-electron chi connectivity index (χ1n) is 10.3. The summed E-state index contributed by atoms with van der Waals surface area (Å²) in [6.45, 7) is 0.234. The van der Waals surface area contributed by atoms with Crippen LogP contribution in [0.3, 0.4) is 0 Å². The molecule has 31 heavy (non-hydrogen) atoms. The number of carbonyl (C=O) groups excluding carboxylic acids is 2. The van der Waals surface area contributed by atoms with Gasteiger partial charge in [0.1, 0.15) is 18.1 Å². The summed E-state index contributed by atoms with van der Waals surface area (Å²) in [5.41, 5.74) is 8.78. The number of amides is 2. The monoisotopic (exact) mass is 416 g/mol. The molecule has 0 fully saturated rings. The first-order valence-corrected chi connectivity index (χ1v) is 10.3. The van der Waals surface area contributed by atoms with E-state index in [4.69, 9.17) is 9.47 Å². The van der Waals surface area contributed by atoms with Gasteiger partial charge in [-0.3, -0.25) is 20.4 Å². The minimum absolute atomic E-state index is 0.172. The van der Waals surface area contributed by atoms with E-state index < -0.39 is 11.8 Å². The molecular formula is C25H24N2O4. The van der Waals surface area contributed by atoms with Crippen LogP contribution in [0, 0.1) is 0 Å². The number of benzene rings is 3. The molecule has 0 aromatic heterocycles. The van der Waals surface area contributed by atoms with Crippen LogP contribution in [0.1, 0.15) is 33.5 Å². The highest BCUT2D eigenvalue weighted by Crippen LogP contribution is 2.25. The van der Waals surface area contributed by atoms with Gasteiger partial charge in [-0.25, -0.2) is 0 Å². The third-order valence-electron chi connectivity index (χ3n) is 5.12. The zero-order valence-electron chi connectivity index (χ0n) is 17.1. The first kappa shape index (κ1) is 20.5. The van der Waals surface area contributed by atoms with Gasteiger partial charge < -0.3 is 9.47 Å². The van der Waals surface area contributed by atoms with Crippen LogP contribution >= 0.6 is 0 Å². The smallest absolute Gasteiger partial charge is 0.276 e. The lowest BCUT2D eigenvalue weighted by Gasteiger charge is -2.10. The highest BCUT2D eigenvalue weighted by molar-refractivity contribution is 5.95. The van der Waals surface area contributed by atoms with Crippen LogP contribution < -0.4 is 20.3 Å². The van der Waals surface area contributed by atoms with Gasteiger partial charge in [0.2, 0.25) is 0 Å². The van der Waals surface area contributed by atoms with E-state index in [0.29, 0.717) is 17.9 Å². The fraction of sp³-hybridized carbons (Fsp3) is 0.200. The number of carbonyl (C=O) groups is 2. The van der Waals surface area contributed by atoms with Crippen LogP contribution in [-0.2, 0) is 24.2 Å². The lowest BCUT2D eigenvalue weighted by atomic mass is 10.1. The Morgan fingerprint density at radius 2 is 1.55 bits per heavy atom. The van der Waals surface area contributed by atoms with Crippen molar-refractivity contribution in [2.24, 2.45) is 0 Å². The second kappa shape index (κ2) is 9.80. The predicted octanol–water partition coefficient (Wildman–Crippen LogP) is 3.59. The van der Waals surface area contributed by atoms with Gasteiger partial charge in [0, 0.05) is 5.56 Å². The summed E-state index contributed by atoms with van der Waals surface area (Å²) in [5.74, 6) is 0.618. The van der Waals surface area contributed by atoms with Crippen molar-refractivity contribution in [3.63, 3.8) is 0 Å². The lowest BCUT2D eigenvalue weighted by molar-refractivity contribution is -0.123. The number of nitrogens with one attached hydrogen (secondary N) is 2. The van der Waals surface area contributed by atoms with Crippen LogP contribution in [0.25, 0.3) is 0 Å². The van der Waals surface area contributed by atoms with Gasteiger partial charge in [-0.1, -0.05) is 36.4 Å². The molecule has 6 nitrogen and oxygen atoms in total. The molecule has 2 N–H and O–H groups in total. The third-order valence-corrected chi connectivity index (χ3v) is 5.12. The van der Waals surface area contributed by atoms with Gasteiger partial charge in [-0.2, -0.15) is 0 Å². The molecule has 1 aliphatic carbocycles. The molecule has 0 spiro atoms. The van der Waals surface area contributed by atoms with Gasteiger partial charge in [-0.05, 0) is 72.4 Å². The summed E-state index contributed by atoms with van der Waals surface area (Å²) >= 11 is 0. The van der Waals surface area contributed by atoms with E-state index in [1.807, 2.05) is 60.7 Å². The molecule has 0 radical (unpaired) electrons. The fourth-order valence-corrected chi connectivity index (χ4v) is 3.46. The van der Waals surface area contributed by atoms with Gasteiger partial charge in [-0.15, -0.1) is 0 Å². The number of hydrogen-bond donors (Lipinski definition) is 2. The summed E-state index contributed by atoms with van der Waals surface area (Å²) in [6, 6.07) is 22.4. The highest BCUT2D eigenvalue weighted by Gasteiger charge is 2.12. The average molecular weight is 416 g/mol. The maximum Gasteiger partial charge on any atom is 0.276 e. The quantitative estimate of drug-likeness (QED) is 0.577. The molecule has 6 heteroatoms. The Morgan fingerprint density at radius 1 is 0.774 bits per heavy atom. The summed E-state index contributed by atoms with van der Waals surface area (Å²) in [4.78, 5) is 24.2. The number of para-hydroxylation sites is 1. The predicted molar refractivity (Wildman–Crippen MR) is 117 cm³/mol. The molecule has 0 unspecified atom stereocenters. The molecule has 2 amide bonds. The summed E-state index contributed by atoms with van der Waals surface area (Å²) in [6.07, 6.45) is 3.31. The fourth-order valence-electron chi connectivity index (χ4n) is 3.46. The van der Waals surface area contributed by atoms with E-state index in [1.165, 1.54) is 11.1 Å².